The van der Waals surface area contributed by atoms with Gasteiger partial charge in [0.05, 0.1) is 0 Å². The molecule has 1 aliphatic rings. The Bertz CT molecular complexity index is 412. The van der Waals surface area contributed by atoms with Crippen LogP contribution in [0.1, 0.15) is 25.8 Å². The van der Waals surface area contributed by atoms with E-state index in [1.165, 1.54) is 12.8 Å². The van der Waals surface area contributed by atoms with Gasteiger partial charge in [0.25, 0.3) is 5.56 Å². The van der Waals surface area contributed by atoms with E-state index in [2.05, 4.69) is 4.98 Å². The van der Waals surface area contributed by atoms with Crippen molar-refractivity contribution < 1.29 is 0 Å². The van der Waals surface area contributed by atoms with Gasteiger partial charge in [-0.2, -0.15) is 0 Å². The number of aromatic nitrogens is 2. The van der Waals surface area contributed by atoms with Crippen molar-refractivity contribution >= 4 is 23.2 Å². The van der Waals surface area contributed by atoms with Crippen LogP contribution in [0.2, 0.25) is 10.3 Å². The summed E-state index contributed by atoms with van der Waals surface area (Å²) >= 11 is 11.4. The zero-order chi connectivity index (χ0) is 10.3. The van der Waals surface area contributed by atoms with Crippen LogP contribution in [0.4, 0.5) is 0 Å². The van der Waals surface area contributed by atoms with Gasteiger partial charge in [-0.15, -0.1) is 0 Å². The van der Waals surface area contributed by atoms with Crippen molar-refractivity contribution in [3.8, 4) is 0 Å². The molecular weight excluding hydrogens is 223 g/mol. The number of halogens is 2. The van der Waals surface area contributed by atoms with Crippen LogP contribution in [-0.4, -0.2) is 9.55 Å². The molecule has 0 N–H and O–H groups in total. The van der Waals surface area contributed by atoms with Crippen LogP contribution in [0.25, 0.3) is 0 Å². The zero-order valence-electron chi connectivity index (χ0n) is 7.70. The van der Waals surface area contributed by atoms with Crippen molar-refractivity contribution in [2.45, 2.75) is 25.8 Å². The molecule has 1 aromatic rings. The first-order chi connectivity index (χ1) is 6.59. The Morgan fingerprint density at radius 1 is 1.57 bits per heavy atom. The van der Waals surface area contributed by atoms with Crippen molar-refractivity contribution in [1.82, 2.24) is 9.55 Å². The summed E-state index contributed by atoms with van der Waals surface area (Å²) in [6, 6.07) is 0.167. The van der Waals surface area contributed by atoms with Crippen molar-refractivity contribution in [2.75, 3.05) is 0 Å². The summed E-state index contributed by atoms with van der Waals surface area (Å²) in [5, 5.41) is 0.215. The lowest BCUT2D eigenvalue weighted by Crippen LogP contribution is -2.25. The van der Waals surface area contributed by atoms with Crippen molar-refractivity contribution in [3.05, 3.63) is 26.9 Å². The van der Waals surface area contributed by atoms with Gasteiger partial charge in [-0.1, -0.05) is 23.2 Å². The molecule has 0 amide bonds. The highest BCUT2D eigenvalue weighted by Gasteiger charge is 2.30. The fourth-order valence-corrected chi connectivity index (χ4v) is 1.98. The molecule has 1 aromatic heterocycles. The van der Waals surface area contributed by atoms with E-state index in [9.17, 15) is 4.79 Å². The molecule has 0 spiro atoms. The largest absolute Gasteiger partial charge is 0.307 e. The van der Waals surface area contributed by atoms with Crippen LogP contribution in [0.15, 0.2) is 11.0 Å². The van der Waals surface area contributed by atoms with E-state index in [1.54, 1.807) is 10.8 Å². The van der Waals surface area contributed by atoms with Gasteiger partial charge >= 0.3 is 0 Å². The molecule has 5 heteroatoms. The second-order valence-electron chi connectivity index (χ2n) is 3.64. The summed E-state index contributed by atoms with van der Waals surface area (Å²) in [6.07, 6.45) is 3.90. The number of rotatable bonds is 2. The van der Waals surface area contributed by atoms with E-state index in [0.717, 1.165) is 0 Å². The minimum absolute atomic E-state index is 0.0509. The summed E-state index contributed by atoms with van der Waals surface area (Å²) in [5.74, 6) is 0.585. The van der Waals surface area contributed by atoms with Gasteiger partial charge in [0.2, 0.25) is 0 Å². The van der Waals surface area contributed by atoms with Crippen molar-refractivity contribution in [3.63, 3.8) is 0 Å². The standard InChI is InChI=1S/C9H10Cl2N2O/c1-5(6-2-3-6)13-4-7(10)12-8(11)9(13)14/h4-6H,2-3H2,1H3/t5-/m0/s1. The second-order valence-corrected chi connectivity index (χ2v) is 4.39. The minimum Gasteiger partial charge on any atom is -0.307 e. The number of nitrogens with zero attached hydrogens (tertiary/aromatic N) is 2. The Hall–Kier alpha value is -0.540. The summed E-state index contributed by atoms with van der Waals surface area (Å²) in [5.41, 5.74) is -0.254. The van der Waals surface area contributed by atoms with Crippen LogP contribution in [0.3, 0.4) is 0 Å². The topological polar surface area (TPSA) is 34.9 Å². The zero-order valence-corrected chi connectivity index (χ0v) is 9.22. The second kappa shape index (κ2) is 3.55. The van der Waals surface area contributed by atoms with Gasteiger partial charge in [0, 0.05) is 12.2 Å². The van der Waals surface area contributed by atoms with Gasteiger partial charge in [-0.3, -0.25) is 4.79 Å². The fraction of sp³-hybridized carbons (Fsp3) is 0.556. The lowest BCUT2D eigenvalue weighted by atomic mass is 10.2. The first-order valence-electron chi connectivity index (χ1n) is 4.54. The third-order valence-electron chi connectivity index (χ3n) is 2.60. The van der Waals surface area contributed by atoms with Gasteiger partial charge in [-0.25, -0.2) is 4.98 Å². The Kier molecular flexibility index (Phi) is 2.54. The molecule has 3 nitrogen and oxygen atoms in total. The molecule has 0 saturated heterocycles. The third-order valence-corrected chi connectivity index (χ3v) is 3.03. The summed E-state index contributed by atoms with van der Waals surface area (Å²) in [7, 11) is 0. The first kappa shape index (κ1) is 9.99. The molecule has 0 radical (unpaired) electrons. The predicted molar refractivity (Wildman–Crippen MR) is 56.0 cm³/mol. The molecular formula is C9H10Cl2N2O. The third kappa shape index (κ3) is 1.79. The molecule has 0 unspecified atom stereocenters. The summed E-state index contributed by atoms with van der Waals surface area (Å²) < 4.78 is 1.58. The summed E-state index contributed by atoms with van der Waals surface area (Å²) in [6.45, 7) is 2.01. The highest BCUT2D eigenvalue weighted by atomic mass is 35.5. The van der Waals surface area contributed by atoms with E-state index in [0.29, 0.717) is 5.92 Å². The van der Waals surface area contributed by atoms with E-state index in [1.807, 2.05) is 6.92 Å². The minimum atomic E-state index is -0.254. The van der Waals surface area contributed by atoms with Crippen LogP contribution < -0.4 is 5.56 Å². The summed E-state index contributed by atoms with van der Waals surface area (Å²) in [4.78, 5) is 15.3. The molecule has 14 heavy (non-hydrogen) atoms. The lowest BCUT2D eigenvalue weighted by Gasteiger charge is -2.14. The highest BCUT2D eigenvalue weighted by Crippen LogP contribution is 2.38. The van der Waals surface area contributed by atoms with Crippen molar-refractivity contribution in [1.29, 1.82) is 0 Å². The van der Waals surface area contributed by atoms with Gasteiger partial charge in [-0.05, 0) is 25.7 Å². The molecule has 76 valence electrons. The maximum Gasteiger partial charge on any atom is 0.288 e. The Balaban J connectivity index is 2.45. The Morgan fingerprint density at radius 2 is 2.21 bits per heavy atom. The lowest BCUT2D eigenvalue weighted by molar-refractivity contribution is 0.469. The molecule has 0 aromatic carbocycles. The van der Waals surface area contributed by atoms with E-state index < -0.39 is 0 Å². The smallest absolute Gasteiger partial charge is 0.288 e. The molecule has 1 fully saturated rings. The van der Waals surface area contributed by atoms with Crippen LogP contribution in [0, 0.1) is 5.92 Å². The number of hydrogen-bond donors (Lipinski definition) is 0. The maximum atomic E-state index is 11.6. The highest BCUT2D eigenvalue weighted by molar-refractivity contribution is 6.32. The quantitative estimate of drug-likeness (QED) is 0.786. The molecule has 2 rings (SSSR count). The van der Waals surface area contributed by atoms with Gasteiger partial charge in [0.15, 0.2) is 5.15 Å². The fourth-order valence-electron chi connectivity index (χ4n) is 1.56. The number of hydrogen-bond acceptors (Lipinski definition) is 2. The normalized spacial score (nSPS) is 18.2. The van der Waals surface area contributed by atoms with Crippen molar-refractivity contribution in [2.24, 2.45) is 5.92 Å². The molecule has 1 heterocycles. The van der Waals surface area contributed by atoms with Gasteiger partial charge in [0.1, 0.15) is 5.15 Å². The Morgan fingerprint density at radius 3 is 2.79 bits per heavy atom. The van der Waals surface area contributed by atoms with Crippen LogP contribution >= 0.6 is 23.2 Å². The molecule has 1 aliphatic carbocycles. The average Bonchev–Trinajstić information content (AvgIpc) is 2.93. The van der Waals surface area contributed by atoms with E-state index in [-0.39, 0.29) is 21.9 Å². The van der Waals surface area contributed by atoms with E-state index in [4.69, 9.17) is 23.2 Å². The van der Waals surface area contributed by atoms with Crippen LogP contribution in [-0.2, 0) is 0 Å². The van der Waals surface area contributed by atoms with E-state index >= 15 is 0 Å². The first-order valence-corrected chi connectivity index (χ1v) is 5.29. The van der Waals surface area contributed by atoms with Gasteiger partial charge < -0.3 is 4.57 Å². The van der Waals surface area contributed by atoms with Crippen LogP contribution in [0.5, 0.6) is 0 Å². The average molecular weight is 233 g/mol. The molecule has 0 bridgehead atoms. The Labute approximate surface area is 91.7 Å². The predicted octanol–water partition coefficient (Wildman–Crippen LogP) is 2.52. The maximum absolute atomic E-state index is 11.6. The monoisotopic (exact) mass is 232 g/mol. The SMILES string of the molecule is C[C@@H](C1CC1)n1cc(Cl)nc(Cl)c1=O. The molecule has 0 aliphatic heterocycles. The molecule has 1 atom stereocenters. The molecule has 1 saturated carbocycles.